The van der Waals surface area contributed by atoms with Gasteiger partial charge in [-0.2, -0.15) is 0 Å². The molecule has 0 bridgehead atoms. The lowest BCUT2D eigenvalue weighted by atomic mass is 9.78. The Morgan fingerprint density at radius 1 is 1.15 bits per heavy atom. The number of ether oxygens (including phenoxy) is 1. The van der Waals surface area contributed by atoms with Crippen molar-refractivity contribution in [1.29, 1.82) is 0 Å². The van der Waals surface area contributed by atoms with Gasteiger partial charge in [-0.05, 0) is 64.0 Å². The first-order valence-electron chi connectivity index (χ1n) is 8.47. The van der Waals surface area contributed by atoms with Crippen molar-refractivity contribution >= 4 is 0 Å². The third kappa shape index (κ3) is 4.19. The lowest BCUT2D eigenvalue weighted by Crippen LogP contribution is -2.51. The molecule has 3 nitrogen and oxygen atoms in total. The van der Waals surface area contributed by atoms with Crippen LogP contribution in [0.1, 0.15) is 53.4 Å². The summed E-state index contributed by atoms with van der Waals surface area (Å²) in [7, 11) is 0. The number of hydrogen-bond acceptors (Lipinski definition) is 3. The van der Waals surface area contributed by atoms with Crippen molar-refractivity contribution in [3.63, 3.8) is 0 Å². The number of nitrogens with one attached hydrogen (secondary N) is 1. The standard InChI is InChI=1S/C17H34N2O/c1-15(2)12-18-13-17(7-10-20-11-8-17)14-19-9-5-6-16(19,3)4/h15,18H,5-14H2,1-4H3. The summed E-state index contributed by atoms with van der Waals surface area (Å²) in [5.74, 6) is 0.732. The first-order chi connectivity index (χ1) is 9.44. The smallest absolute Gasteiger partial charge is 0.0472 e. The number of likely N-dealkylation sites (tertiary alicyclic amines) is 1. The topological polar surface area (TPSA) is 24.5 Å². The molecule has 2 rings (SSSR count). The average Bonchev–Trinajstić information content (AvgIpc) is 2.69. The van der Waals surface area contributed by atoms with Gasteiger partial charge >= 0.3 is 0 Å². The number of nitrogens with zero attached hydrogens (tertiary/aromatic N) is 1. The minimum absolute atomic E-state index is 0.392. The average molecular weight is 282 g/mol. The highest BCUT2D eigenvalue weighted by Crippen LogP contribution is 2.36. The van der Waals surface area contributed by atoms with Crippen molar-refractivity contribution < 1.29 is 4.74 Å². The second kappa shape index (κ2) is 6.76. The van der Waals surface area contributed by atoms with Crippen LogP contribution in [0, 0.1) is 11.3 Å². The van der Waals surface area contributed by atoms with Crippen LogP contribution in [0.25, 0.3) is 0 Å². The van der Waals surface area contributed by atoms with E-state index in [1.165, 1.54) is 38.8 Å². The summed E-state index contributed by atoms with van der Waals surface area (Å²) >= 11 is 0. The van der Waals surface area contributed by atoms with Gasteiger partial charge in [0.2, 0.25) is 0 Å². The van der Waals surface area contributed by atoms with Crippen LogP contribution in [0.4, 0.5) is 0 Å². The monoisotopic (exact) mass is 282 g/mol. The molecule has 0 amide bonds. The molecule has 0 aliphatic carbocycles. The Hall–Kier alpha value is -0.120. The summed E-state index contributed by atoms with van der Waals surface area (Å²) in [4.78, 5) is 2.73. The van der Waals surface area contributed by atoms with Crippen LogP contribution in [0.3, 0.4) is 0 Å². The normalized spacial score (nSPS) is 26.2. The van der Waals surface area contributed by atoms with Gasteiger partial charge in [0.05, 0.1) is 0 Å². The van der Waals surface area contributed by atoms with Gasteiger partial charge < -0.3 is 10.1 Å². The highest BCUT2D eigenvalue weighted by atomic mass is 16.5. The fourth-order valence-electron chi connectivity index (χ4n) is 3.68. The van der Waals surface area contributed by atoms with E-state index < -0.39 is 0 Å². The van der Waals surface area contributed by atoms with Gasteiger partial charge in [-0.3, -0.25) is 4.90 Å². The summed E-state index contributed by atoms with van der Waals surface area (Å²) in [5, 5.41) is 3.71. The van der Waals surface area contributed by atoms with Crippen LogP contribution in [0.2, 0.25) is 0 Å². The molecule has 2 aliphatic rings. The van der Waals surface area contributed by atoms with E-state index in [0.717, 1.165) is 32.2 Å². The SMILES string of the molecule is CC(C)CNCC1(CN2CCCC2(C)C)CCOCC1. The highest BCUT2D eigenvalue weighted by Gasteiger charge is 2.40. The van der Waals surface area contributed by atoms with Gasteiger partial charge in [-0.1, -0.05) is 13.8 Å². The molecule has 0 aromatic heterocycles. The predicted molar refractivity (Wildman–Crippen MR) is 85.1 cm³/mol. The molecule has 0 unspecified atom stereocenters. The second-order valence-electron chi connectivity index (χ2n) is 7.97. The maximum Gasteiger partial charge on any atom is 0.0472 e. The second-order valence-corrected chi connectivity index (χ2v) is 7.97. The fraction of sp³-hybridized carbons (Fsp3) is 1.00. The third-order valence-electron chi connectivity index (χ3n) is 5.20. The van der Waals surface area contributed by atoms with Crippen molar-refractivity contribution in [3.8, 4) is 0 Å². The Morgan fingerprint density at radius 3 is 2.40 bits per heavy atom. The number of hydrogen-bond donors (Lipinski definition) is 1. The van der Waals surface area contributed by atoms with Crippen LogP contribution < -0.4 is 5.32 Å². The maximum atomic E-state index is 5.62. The molecule has 118 valence electrons. The Bertz CT molecular complexity index is 295. The molecule has 0 aromatic rings. The van der Waals surface area contributed by atoms with Crippen LogP contribution in [0.5, 0.6) is 0 Å². The Kier molecular flexibility index (Phi) is 5.49. The first-order valence-corrected chi connectivity index (χ1v) is 8.47. The summed E-state index contributed by atoms with van der Waals surface area (Å²) < 4.78 is 5.62. The van der Waals surface area contributed by atoms with Crippen LogP contribution in [-0.2, 0) is 4.74 Å². The Balaban J connectivity index is 1.95. The summed E-state index contributed by atoms with van der Waals surface area (Å²) in [6, 6.07) is 0. The van der Waals surface area contributed by atoms with Crippen molar-refractivity contribution in [2.45, 2.75) is 58.9 Å². The molecular weight excluding hydrogens is 248 g/mol. The van der Waals surface area contributed by atoms with Gasteiger partial charge in [0.1, 0.15) is 0 Å². The maximum absolute atomic E-state index is 5.62. The number of rotatable bonds is 6. The quantitative estimate of drug-likeness (QED) is 0.811. The summed E-state index contributed by atoms with van der Waals surface area (Å²) in [5.41, 5.74) is 0.818. The van der Waals surface area contributed by atoms with E-state index in [0.29, 0.717) is 11.0 Å². The van der Waals surface area contributed by atoms with Crippen LogP contribution >= 0.6 is 0 Å². The van der Waals surface area contributed by atoms with Crippen LogP contribution in [-0.4, -0.2) is 49.8 Å². The zero-order valence-corrected chi connectivity index (χ0v) is 14.0. The molecule has 2 saturated heterocycles. The van der Waals surface area contributed by atoms with E-state index in [-0.39, 0.29) is 0 Å². The van der Waals surface area contributed by atoms with Crippen molar-refractivity contribution in [2.24, 2.45) is 11.3 Å². The minimum atomic E-state index is 0.392. The molecular formula is C17H34N2O. The molecule has 2 aliphatic heterocycles. The first kappa shape index (κ1) is 16.3. The van der Waals surface area contributed by atoms with Crippen molar-refractivity contribution in [3.05, 3.63) is 0 Å². The van der Waals surface area contributed by atoms with Gasteiger partial charge in [0.15, 0.2) is 0 Å². The van der Waals surface area contributed by atoms with Crippen molar-refractivity contribution in [1.82, 2.24) is 10.2 Å². The molecule has 0 spiro atoms. The molecule has 0 atom stereocenters. The molecule has 0 aromatic carbocycles. The van der Waals surface area contributed by atoms with E-state index in [1.54, 1.807) is 0 Å². The van der Waals surface area contributed by atoms with E-state index in [1.807, 2.05) is 0 Å². The molecule has 2 heterocycles. The Labute approximate surface area is 125 Å². The molecule has 1 N–H and O–H groups in total. The molecule has 3 heteroatoms. The minimum Gasteiger partial charge on any atom is -0.381 e. The van der Waals surface area contributed by atoms with Gasteiger partial charge in [-0.25, -0.2) is 0 Å². The van der Waals surface area contributed by atoms with E-state index in [4.69, 9.17) is 4.74 Å². The molecule has 2 fully saturated rings. The Morgan fingerprint density at radius 2 is 1.85 bits per heavy atom. The predicted octanol–water partition coefficient (Wildman–Crippen LogP) is 2.90. The summed E-state index contributed by atoms with van der Waals surface area (Å²) in [6.45, 7) is 16.1. The van der Waals surface area contributed by atoms with E-state index in [2.05, 4.69) is 37.9 Å². The molecule has 0 saturated carbocycles. The molecule has 0 radical (unpaired) electrons. The third-order valence-corrected chi connectivity index (χ3v) is 5.20. The lowest BCUT2D eigenvalue weighted by molar-refractivity contribution is -0.0148. The van der Waals surface area contributed by atoms with Gasteiger partial charge in [-0.15, -0.1) is 0 Å². The zero-order valence-electron chi connectivity index (χ0n) is 14.0. The zero-order chi connectivity index (χ0) is 14.6. The van der Waals surface area contributed by atoms with E-state index in [9.17, 15) is 0 Å². The van der Waals surface area contributed by atoms with E-state index >= 15 is 0 Å². The lowest BCUT2D eigenvalue weighted by Gasteiger charge is -2.44. The highest BCUT2D eigenvalue weighted by molar-refractivity contribution is 4.94. The van der Waals surface area contributed by atoms with Gasteiger partial charge in [0, 0.05) is 31.8 Å². The molecule has 20 heavy (non-hydrogen) atoms. The van der Waals surface area contributed by atoms with Crippen LogP contribution in [0.15, 0.2) is 0 Å². The van der Waals surface area contributed by atoms with Crippen molar-refractivity contribution in [2.75, 3.05) is 39.4 Å². The van der Waals surface area contributed by atoms with Gasteiger partial charge in [0.25, 0.3) is 0 Å². The largest absolute Gasteiger partial charge is 0.381 e. The fourth-order valence-corrected chi connectivity index (χ4v) is 3.68. The summed E-state index contributed by atoms with van der Waals surface area (Å²) in [6.07, 6.45) is 5.13.